The molecule has 20 nitrogen and oxygen atoms in total. The highest BCUT2D eigenvalue weighted by Crippen LogP contribution is 2.51. The van der Waals surface area contributed by atoms with E-state index in [-0.39, 0.29) is 55.4 Å². The molecule has 71 heavy (non-hydrogen) atoms. The summed E-state index contributed by atoms with van der Waals surface area (Å²) in [5, 5.41) is 1.22. The molecule has 0 radical (unpaired) electrons. The van der Waals surface area contributed by atoms with E-state index in [2.05, 4.69) is 20.8 Å². The fourth-order valence-electron chi connectivity index (χ4n) is 8.60. The Hall–Kier alpha value is -4.85. The minimum Gasteiger partial charge on any atom is -0.456 e. The van der Waals surface area contributed by atoms with Crippen molar-refractivity contribution < 1.29 is 76.8 Å². The number of imide groups is 1. The van der Waals surface area contributed by atoms with E-state index in [1.54, 1.807) is 25.3 Å². The minimum absolute atomic E-state index is 0.0105. The van der Waals surface area contributed by atoms with Crippen LogP contribution in [0.1, 0.15) is 102 Å². The van der Waals surface area contributed by atoms with Gasteiger partial charge in [-0.2, -0.15) is 25.3 Å². The summed E-state index contributed by atoms with van der Waals surface area (Å²) in [6, 6.07) is 11.8. The van der Waals surface area contributed by atoms with Crippen molar-refractivity contribution >= 4 is 59.9 Å². The monoisotopic (exact) mass is 1050 g/mol. The molecule has 0 bridgehead atoms. The van der Waals surface area contributed by atoms with Gasteiger partial charge in [0.1, 0.15) is 24.7 Å². The van der Waals surface area contributed by atoms with Gasteiger partial charge in [-0.1, -0.05) is 33.3 Å². The fraction of sp³-hybridized carbons (Fsp3) is 0.542. The van der Waals surface area contributed by atoms with Crippen molar-refractivity contribution in [3.05, 3.63) is 82.6 Å². The quantitative estimate of drug-likeness (QED) is 0.0384. The predicted octanol–water partition coefficient (Wildman–Crippen LogP) is 5.17. The van der Waals surface area contributed by atoms with Gasteiger partial charge in [0.2, 0.25) is 5.36 Å². The number of ether oxygens (including phenoxy) is 3. The summed E-state index contributed by atoms with van der Waals surface area (Å²) in [7, 11) is -11.6. The molecular weight excluding hydrogens is 987 g/mol. The van der Waals surface area contributed by atoms with Gasteiger partial charge in [-0.15, -0.1) is 5.06 Å². The third-order valence-corrected chi connectivity index (χ3v) is 14.6. The molecule has 1 aromatic carbocycles. The highest BCUT2D eigenvalue weighted by molar-refractivity contribution is 7.86. The van der Waals surface area contributed by atoms with E-state index < -0.39 is 65.1 Å². The average Bonchev–Trinajstić information content (AvgIpc) is 3.71. The largest absolute Gasteiger partial charge is 0.456 e. The first kappa shape index (κ1) is 57.1. The molecule has 1 aliphatic carbocycles. The summed E-state index contributed by atoms with van der Waals surface area (Å²) in [5.41, 5.74) is 2.09. The smallest absolute Gasteiger partial charge is 0.333 e. The molecule has 1 unspecified atom stereocenters. The zero-order valence-corrected chi connectivity index (χ0v) is 43.3. The van der Waals surface area contributed by atoms with E-state index in [0.29, 0.717) is 98.9 Å². The van der Waals surface area contributed by atoms with E-state index in [1.165, 1.54) is 12.1 Å². The van der Waals surface area contributed by atoms with Crippen LogP contribution in [0, 0.1) is 0 Å². The van der Waals surface area contributed by atoms with Crippen LogP contribution in [0.25, 0.3) is 17.4 Å². The van der Waals surface area contributed by atoms with Crippen molar-refractivity contribution in [2.75, 3.05) is 76.2 Å². The Morgan fingerprint density at radius 1 is 0.817 bits per heavy atom. The number of fused-ring (bicyclic) bond motifs is 2. The van der Waals surface area contributed by atoms with Crippen LogP contribution in [0.5, 0.6) is 0 Å². The average molecular weight is 1050 g/mol. The molecule has 3 N–H and O–H groups in total. The Morgan fingerprint density at radius 3 is 2.13 bits per heavy atom. The van der Waals surface area contributed by atoms with Gasteiger partial charge in [-0.25, -0.2) is 9.37 Å². The molecular formula is C48H66N3O17S3+. The maximum Gasteiger partial charge on any atom is 0.333 e. The summed E-state index contributed by atoms with van der Waals surface area (Å²) >= 11 is 0. The molecule has 23 heteroatoms. The second-order valence-corrected chi connectivity index (χ2v) is 23.2. The lowest BCUT2D eigenvalue weighted by molar-refractivity contribution is -0.197. The zero-order chi connectivity index (χ0) is 52.2. The first-order chi connectivity index (χ1) is 33.3. The molecule has 392 valence electrons. The van der Waals surface area contributed by atoms with Crippen LogP contribution in [0.4, 0.5) is 5.69 Å². The Kier molecular flexibility index (Phi) is 19.9. The van der Waals surface area contributed by atoms with E-state index in [0.717, 1.165) is 16.5 Å². The van der Waals surface area contributed by atoms with Gasteiger partial charge in [0.15, 0.2) is 6.54 Å². The molecule has 1 fully saturated rings. The number of carbonyl (C=O) groups is 3. The number of nitrogens with zero attached hydrogens (tertiary/aromatic N) is 3. The summed E-state index contributed by atoms with van der Waals surface area (Å²) in [5.74, 6) is -1.89. The summed E-state index contributed by atoms with van der Waals surface area (Å²) in [4.78, 5) is 43.0. The number of anilines is 1. The topological polar surface area (TPSA) is 274 Å². The number of benzene rings is 2. The molecule has 0 spiro atoms. The van der Waals surface area contributed by atoms with Crippen LogP contribution in [0.3, 0.4) is 0 Å². The highest BCUT2D eigenvalue weighted by atomic mass is 32.2. The van der Waals surface area contributed by atoms with Crippen LogP contribution in [0.15, 0.2) is 69.6 Å². The first-order valence-electron chi connectivity index (χ1n) is 23.4. The number of carbonyl (C=O) groups excluding carboxylic acids is 3. The third-order valence-electron chi connectivity index (χ3n) is 12.1. The van der Waals surface area contributed by atoms with E-state index in [1.807, 2.05) is 46.7 Å². The zero-order valence-electron chi connectivity index (χ0n) is 40.8. The van der Waals surface area contributed by atoms with Crippen molar-refractivity contribution in [3.63, 3.8) is 0 Å². The van der Waals surface area contributed by atoms with E-state index >= 15 is 0 Å². The number of allylic oxidation sites excluding steroid dienone is 3. The summed E-state index contributed by atoms with van der Waals surface area (Å²) in [6.07, 6.45) is 6.82. The standard InChI is InChI=1S/C48H65N3O17S3/c1-47(2,3)39-33-36(67-42-32-35(15-17-38(39)42)49(22-11-31-70(58,59)60)24-25-65-28-29-66-27-26-64-5)12-9-13-43-48(4,21-10-30-69(55,56)57)40-34-37(71(61,62)63)16-18-41(40)50(43)23-8-6-7-14-46(54)68-51-44(52)19-20-45(51)53/h9,12-13,15-18,32-34H,6-8,10-11,14,19-31H2,1-5H3,(H2-,55,56,57,58,59,60,61,62,63)/p+1. The molecule has 5 rings (SSSR count). The molecule has 1 aromatic rings. The lowest BCUT2D eigenvalue weighted by atomic mass is 9.77. The van der Waals surface area contributed by atoms with Crippen molar-refractivity contribution in [1.29, 1.82) is 0 Å². The van der Waals surface area contributed by atoms with Crippen molar-refractivity contribution in [3.8, 4) is 11.3 Å². The van der Waals surface area contributed by atoms with Crippen molar-refractivity contribution in [2.24, 2.45) is 0 Å². The molecule has 1 saturated heterocycles. The second-order valence-electron chi connectivity index (χ2n) is 18.6. The molecule has 2 amide bonds. The van der Waals surface area contributed by atoms with Crippen molar-refractivity contribution in [1.82, 2.24) is 9.64 Å². The van der Waals surface area contributed by atoms with Crippen LogP contribution in [-0.4, -0.2) is 133 Å². The first-order valence-corrected chi connectivity index (χ1v) is 28.0. The van der Waals surface area contributed by atoms with Gasteiger partial charge in [-0.3, -0.25) is 23.2 Å². The van der Waals surface area contributed by atoms with Gasteiger partial charge in [0, 0.05) is 67.8 Å². The van der Waals surface area contributed by atoms with Gasteiger partial charge in [0.05, 0.1) is 48.9 Å². The number of hydrogen-bond acceptors (Lipinski definition) is 15. The number of rotatable bonds is 27. The highest BCUT2D eigenvalue weighted by Gasteiger charge is 2.44. The van der Waals surface area contributed by atoms with Gasteiger partial charge in [0.25, 0.3) is 42.2 Å². The van der Waals surface area contributed by atoms with E-state index in [9.17, 15) is 53.3 Å². The molecule has 4 aliphatic rings. The van der Waals surface area contributed by atoms with Crippen molar-refractivity contribution in [2.45, 2.75) is 101 Å². The summed E-state index contributed by atoms with van der Waals surface area (Å²) < 4.78 is 126. The number of hydrogen-bond donors (Lipinski definition) is 3. The van der Waals surface area contributed by atoms with Crippen LogP contribution < -0.4 is 14.8 Å². The Bertz CT molecular complexity index is 2820. The minimum atomic E-state index is -4.66. The molecule has 3 heterocycles. The Morgan fingerprint density at radius 2 is 1.48 bits per heavy atom. The Labute approximate surface area is 415 Å². The Balaban J connectivity index is 1.51. The third kappa shape index (κ3) is 16.6. The molecule has 3 aliphatic heterocycles. The van der Waals surface area contributed by atoms with Gasteiger partial charge < -0.3 is 28.4 Å². The van der Waals surface area contributed by atoms with Crippen LogP contribution in [-0.2, 0) is 74.6 Å². The normalized spacial score (nSPS) is 17.8. The maximum absolute atomic E-state index is 12.5. The lowest BCUT2D eigenvalue weighted by Crippen LogP contribution is -2.35. The second kappa shape index (κ2) is 24.7. The van der Waals surface area contributed by atoms with Crippen LogP contribution in [0.2, 0.25) is 0 Å². The maximum atomic E-state index is 12.5. The molecule has 0 aromatic heterocycles. The number of hydroxylamine groups is 2. The fourth-order valence-corrected chi connectivity index (χ4v) is 10.1. The van der Waals surface area contributed by atoms with Gasteiger partial charge >= 0.3 is 5.97 Å². The van der Waals surface area contributed by atoms with E-state index in [4.69, 9.17) is 23.5 Å². The predicted molar refractivity (Wildman–Crippen MR) is 263 cm³/mol. The SMILES string of the molecule is COCCOCCOCC[N+](CCCS(=O)(=O)O)=c1ccc2c(C(C)(C)C)cc(/C=C/C=C3/N(CCCCCC(=O)ON4C(=O)CCC4=O)c4ccc(S(=O)(=O)O)cc4C3(C)CCCS(=O)(=O)O)oc-2c1. The number of methoxy groups -OCH3 is 1. The van der Waals surface area contributed by atoms with Crippen LogP contribution >= 0.6 is 0 Å². The number of amides is 2. The summed E-state index contributed by atoms with van der Waals surface area (Å²) in [6.45, 7) is 10.9. The number of unbranched alkanes of at least 4 members (excludes halogenated alkanes) is 2. The molecule has 0 saturated carbocycles. The molecule has 1 atom stereocenters. The lowest BCUT2D eigenvalue weighted by Gasteiger charge is -2.30. The van der Waals surface area contributed by atoms with Gasteiger partial charge in [-0.05, 0) is 91.6 Å².